The Kier molecular flexibility index (Phi) is 6.28. The highest BCUT2D eigenvalue weighted by Gasteiger charge is 2.57. The van der Waals surface area contributed by atoms with Gasteiger partial charge in [0.05, 0.1) is 5.02 Å². The Hall–Kier alpha value is -2.00. The van der Waals surface area contributed by atoms with Crippen molar-refractivity contribution in [2.24, 2.45) is 0 Å². The molecule has 0 aliphatic carbocycles. The van der Waals surface area contributed by atoms with Crippen LogP contribution in [0.15, 0.2) is 42.6 Å². The fraction of sp³-hybridized carbons (Fsp3) is 0.421. The quantitative estimate of drug-likeness (QED) is 0.608. The topological polar surface area (TPSA) is 19.4 Å². The molecule has 3 rings (SSSR count). The Bertz CT molecular complexity index is 803. The zero-order chi connectivity index (χ0) is 21.2. The van der Waals surface area contributed by atoms with Crippen LogP contribution in [0.5, 0.6) is 0 Å². The lowest BCUT2D eigenvalue weighted by Crippen LogP contribution is -2.46. The predicted molar refractivity (Wildman–Crippen MR) is 98.0 cm³/mol. The number of aromatic nitrogens is 1. The van der Waals surface area contributed by atoms with Crippen molar-refractivity contribution in [2.75, 3.05) is 31.1 Å². The van der Waals surface area contributed by atoms with Gasteiger partial charge in [0.1, 0.15) is 5.82 Å². The van der Waals surface area contributed by atoms with Gasteiger partial charge in [0.15, 0.2) is 5.92 Å². The van der Waals surface area contributed by atoms with Crippen molar-refractivity contribution in [1.82, 2.24) is 9.88 Å². The Morgan fingerprint density at radius 2 is 1.52 bits per heavy atom. The zero-order valence-corrected chi connectivity index (χ0v) is 15.9. The first-order valence-electron chi connectivity index (χ1n) is 8.86. The summed E-state index contributed by atoms with van der Waals surface area (Å²) < 4.78 is 77.4. The van der Waals surface area contributed by atoms with Crippen molar-refractivity contribution in [1.29, 1.82) is 0 Å². The van der Waals surface area contributed by atoms with Gasteiger partial charge < -0.3 is 4.90 Å². The summed E-state index contributed by atoms with van der Waals surface area (Å²) in [6, 6.07) is 10.6. The van der Waals surface area contributed by atoms with Gasteiger partial charge in [0, 0.05) is 38.9 Å². The van der Waals surface area contributed by atoms with Crippen molar-refractivity contribution in [2.45, 2.75) is 24.8 Å². The average molecular weight is 438 g/mol. The number of hydrogen-bond donors (Lipinski definition) is 0. The monoisotopic (exact) mass is 437 g/mol. The van der Waals surface area contributed by atoms with E-state index >= 15 is 0 Å². The molecule has 3 nitrogen and oxygen atoms in total. The summed E-state index contributed by atoms with van der Waals surface area (Å²) in [5.74, 6) is -3.42. The Labute approximate surface area is 168 Å². The summed E-state index contributed by atoms with van der Waals surface area (Å²) in [5.41, 5.74) is 0.147. The number of hydrogen-bond acceptors (Lipinski definition) is 3. The predicted octanol–water partition coefficient (Wildman–Crippen LogP) is 5.27. The van der Waals surface area contributed by atoms with Gasteiger partial charge >= 0.3 is 12.4 Å². The van der Waals surface area contributed by atoms with Gasteiger partial charge in [-0.1, -0.05) is 41.9 Å². The molecule has 1 fully saturated rings. The smallest absolute Gasteiger partial charge is 0.353 e. The lowest BCUT2D eigenvalue weighted by atomic mass is 10.00. The van der Waals surface area contributed by atoms with Gasteiger partial charge in [0.2, 0.25) is 0 Å². The van der Waals surface area contributed by atoms with Crippen LogP contribution >= 0.6 is 11.6 Å². The molecule has 0 atom stereocenters. The number of anilines is 1. The first-order chi connectivity index (χ1) is 13.6. The maximum atomic E-state index is 12.9. The third-order valence-electron chi connectivity index (χ3n) is 4.75. The second kappa shape index (κ2) is 8.39. The highest BCUT2D eigenvalue weighted by Crippen LogP contribution is 2.47. The number of benzene rings is 1. The number of rotatable bonds is 4. The molecular weight excluding hydrogens is 420 g/mol. The van der Waals surface area contributed by atoms with E-state index in [1.807, 2.05) is 30.3 Å². The standard InChI is InChI=1S/C19H18ClF6N3/c20-15-10-14(16(18(21,22)23)19(24,25)26)11-27-17(15)29-8-6-28(7-9-29)12-13-4-2-1-3-5-13/h1-5,10-11,16H,6-9,12H2. The van der Waals surface area contributed by atoms with Gasteiger partial charge in [-0.3, -0.25) is 4.90 Å². The largest absolute Gasteiger partial charge is 0.404 e. The molecule has 0 saturated carbocycles. The van der Waals surface area contributed by atoms with E-state index in [1.165, 1.54) is 0 Å². The third-order valence-corrected chi connectivity index (χ3v) is 5.03. The van der Waals surface area contributed by atoms with Crippen LogP contribution < -0.4 is 4.90 Å². The highest BCUT2D eigenvalue weighted by atomic mass is 35.5. The second-order valence-electron chi connectivity index (χ2n) is 6.84. The van der Waals surface area contributed by atoms with Crippen LogP contribution in [0.4, 0.5) is 32.2 Å². The summed E-state index contributed by atoms with van der Waals surface area (Å²) >= 11 is 6.02. The van der Waals surface area contributed by atoms with Gasteiger partial charge in [-0.25, -0.2) is 4.98 Å². The fourth-order valence-corrected chi connectivity index (χ4v) is 3.65. The van der Waals surface area contributed by atoms with E-state index in [4.69, 9.17) is 11.6 Å². The van der Waals surface area contributed by atoms with Crippen LogP contribution in [-0.4, -0.2) is 48.4 Å². The lowest BCUT2D eigenvalue weighted by Gasteiger charge is -2.36. The van der Waals surface area contributed by atoms with Crippen molar-refractivity contribution in [3.63, 3.8) is 0 Å². The molecule has 1 aromatic heterocycles. The summed E-state index contributed by atoms with van der Waals surface area (Å²) in [6.45, 7) is 3.13. The number of alkyl halides is 6. The number of halogens is 7. The molecule has 1 aliphatic heterocycles. The van der Waals surface area contributed by atoms with E-state index in [0.717, 1.165) is 12.1 Å². The molecule has 1 saturated heterocycles. The zero-order valence-electron chi connectivity index (χ0n) is 15.1. The van der Waals surface area contributed by atoms with Crippen LogP contribution in [0.1, 0.15) is 17.0 Å². The summed E-state index contributed by atoms with van der Waals surface area (Å²) in [6.07, 6.45) is -10.3. The normalized spacial score (nSPS) is 16.5. The molecule has 0 amide bonds. The van der Waals surface area contributed by atoms with E-state index in [-0.39, 0.29) is 10.8 Å². The molecular formula is C19H18ClF6N3. The van der Waals surface area contributed by atoms with E-state index in [1.54, 1.807) is 4.90 Å². The van der Waals surface area contributed by atoms with E-state index in [9.17, 15) is 26.3 Å². The Morgan fingerprint density at radius 3 is 2.03 bits per heavy atom. The van der Waals surface area contributed by atoms with Crippen molar-refractivity contribution in [3.8, 4) is 0 Å². The molecule has 1 aliphatic rings. The minimum absolute atomic E-state index is 0.192. The minimum Gasteiger partial charge on any atom is -0.353 e. The van der Waals surface area contributed by atoms with Gasteiger partial charge in [-0.15, -0.1) is 0 Å². The third kappa shape index (κ3) is 5.33. The summed E-state index contributed by atoms with van der Waals surface area (Å²) in [5, 5.41) is -0.225. The molecule has 158 valence electrons. The lowest BCUT2D eigenvalue weighted by molar-refractivity contribution is -0.253. The van der Waals surface area contributed by atoms with Crippen LogP contribution in [0.3, 0.4) is 0 Å². The van der Waals surface area contributed by atoms with Crippen molar-refractivity contribution < 1.29 is 26.3 Å². The summed E-state index contributed by atoms with van der Waals surface area (Å²) in [7, 11) is 0. The number of pyridine rings is 1. The minimum atomic E-state index is -5.48. The first-order valence-corrected chi connectivity index (χ1v) is 9.23. The van der Waals surface area contributed by atoms with E-state index in [2.05, 4.69) is 9.88 Å². The number of nitrogens with zero attached hydrogens (tertiary/aromatic N) is 3. The maximum absolute atomic E-state index is 12.9. The molecule has 2 aromatic rings. The van der Waals surface area contributed by atoms with Crippen LogP contribution in [-0.2, 0) is 6.54 Å². The van der Waals surface area contributed by atoms with Crippen molar-refractivity contribution >= 4 is 17.4 Å². The molecule has 0 spiro atoms. The van der Waals surface area contributed by atoms with E-state index in [0.29, 0.717) is 38.4 Å². The first kappa shape index (κ1) is 21.7. The van der Waals surface area contributed by atoms with Crippen LogP contribution in [0.2, 0.25) is 5.02 Å². The Morgan fingerprint density at radius 1 is 0.931 bits per heavy atom. The van der Waals surface area contributed by atoms with Crippen LogP contribution in [0, 0.1) is 0 Å². The fourth-order valence-electron chi connectivity index (χ4n) is 3.36. The average Bonchev–Trinajstić information content (AvgIpc) is 2.61. The molecule has 0 radical (unpaired) electrons. The maximum Gasteiger partial charge on any atom is 0.404 e. The molecule has 1 aromatic carbocycles. The summed E-state index contributed by atoms with van der Waals surface area (Å²) in [4.78, 5) is 7.81. The molecule has 10 heteroatoms. The second-order valence-corrected chi connectivity index (χ2v) is 7.25. The number of piperazine rings is 1. The van der Waals surface area contributed by atoms with Gasteiger partial charge in [-0.05, 0) is 17.2 Å². The van der Waals surface area contributed by atoms with Gasteiger partial charge in [0.25, 0.3) is 0 Å². The van der Waals surface area contributed by atoms with Gasteiger partial charge in [-0.2, -0.15) is 26.3 Å². The molecule has 0 N–H and O–H groups in total. The SMILES string of the molecule is FC(F)(F)C(c1cnc(N2CCN(Cc3ccccc3)CC2)c(Cl)c1)C(F)(F)F. The molecule has 29 heavy (non-hydrogen) atoms. The van der Waals surface area contributed by atoms with Crippen molar-refractivity contribution in [3.05, 3.63) is 58.7 Å². The molecule has 0 unspecified atom stereocenters. The van der Waals surface area contributed by atoms with Crippen LogP contribution in [0.25, 0.3) is 0 Å². The molecule has 0 bridgehead atoms. The highest BCUT2D eigenvalue weighted by molar-refractivity contribution is 6.33. The Balaban J connectivity index is 1.70. The van der Waals surface area contributed by atoms with E-state index < -0.39 is 23.8 Å². The molecule has 2 heterocycles.